The number of rotatable bonds is 5. The van der Waals surface area contributed by atoms with E-state index in [4.69, 9.17) is 9.84 Å². The summed E-state index contributed by atoms with van der Waals surface area (Å²) < 4.78 is 6.89. The molecule has 0 spiro atoms. The van der Waals surface area contributed by atoms with Gasteiger partial charge >= 0.3 is 6.09 Å². The third-order valence-electron chi connectivity index (χ3n) is 4.39. The zero-order valence-corrected chi connectivity index (χ0v) is 14.8. The van der Waals surface area contributed by atoms with Crippen molar-refractivity contribution in [2.24, 2.45) is 5.92 Å². The second-order valence-corrected chi connectivity index (χ2v) is 6.97. The van der Waals surface area contributed by atoms with Crippen LogP contribution in [0.3, 0.4) is 0 Å². The molecule has 0 unspecified atom stereocenters. The van der Waals surface area contributed by atoms with E-state index in [0.717, 1.165) is 35.9 Å². The molecule has 1 aliphatic rings. The molecular weight excluding hydrogens is 346 g/mol. The third-order valence-corrected chi connectivity index (χ3v) is 5.28. The highest BCUT2D eigenvalue weighted by Crippen LogP contribution is 2.27. The minimum atomic E-state index is -0.792. The molecule has 122 valence electrons. The van der Waals surface area contributed by atoms with Gasteiger partial charge in [-0.3, -0.25) is 0 Å². The van der Waals surface area contributed by atoms with Crippen LogP contribution in [-0.4, -0.2) is 35.3 Å². The summed E-state index contributed by atoms with van der Waals surface area (Å²) in [6, 6.07) is 6.15. The Kier molecular flexibility index (Phi) is 6.12. The molecule has 1 aliphatic heterocycles. The molecule has 0 saturated carbocycles. The van der Waals surface area contributed by atoms with Gasteiger partial charge in [-0.15, -0.1) is 0 Å². The number of ether oxygens (including phenoxy) is 1. The Labute approximate surface area is 140 Å². The zero-order chi connectivity index (χ0) is 16.1. The van der Waals surface area contributed by atoms with Gasteiger partial charge in [0.15, 0.2) is 0 Å². The van der Waals surface area contributed by atoms with E-state index < -0.39 is 6.09 Å². The number of hydrogen-bond acceptors (Lipinski definition) is 2. The number of aryl methyl sites for hydroxylation is 1. The van der Waals surface area contributed by atoms with Crippen LogP contribution in [0, 0.1) is 12.8 Å². The molecule has 5 heteroatoms. The van der Waals surface area contributed by atoms with Crippen LogP contribution in [0.5, 0.6) is 5.75 Å². The highest BCUT2D eigenvalue weighted by atomic mass is 79.9. The Morgan fingerprint density at radius 2 is 2.27 bits per heavy atom. The molecule has 1 fully saturated rings. The maximum Gasteiger partial charge on any atom is 0.407 e. The summed E-state index contributed by atoms with van der Waals surface area (Å²) in [6.07, 6.45) is 3.25. The van der Waals surface area contributed by atoms with E-state index in [-0.39, 0.29) is 6.04 Å². The van der Waals surface area contributed by atoms with Gasteiger partial charge in [-0.25, -0.2) is 4.79 Å². The Hall–Kier alpha value is -1.23. The Balaban J connectivity index is 1.69. The second-order valence-electron chi connectivity index (χ2n) is 6.12. The van der Waals surface area contributed by atoms with Crippen molar-refractivity contribution < 1.29 is 14.6 Å². The Morgan fingerprint density at radius 3 is 2.91 bits per heavy atom. The lowest BCUT2D eigenvalue weighted by molar-refractivity contribution is 0.0928. The minimum absolute atomic E-state index is 0.131. The summed E-state index contributed by atoms with van der Waals surface area (Å²) in [5.41, 5.74) is 1.17. The molecule has 1 heterocycles. The van der Waals surface area contributed by atoms with Gasteiger partial charge in [0.05, 0.1) is 6.61 Å². The fourth-order valence-electron chi connectivity index (χ4n) is 3.08. The summed E-state index contributed by atoms with van der Waals surface area (Å²) in [4.78, 5) is 12.6. The molecule has 22 heavy (non-hydrogen) atoms. The van der Waals surface area contributed by atoms with Gasteiger partial charge in [0.1, 0.15) is 5.75 Å². The number of carboxylic acid groups (broad SMARTS) is 1. The number of halogens is 1. The maximum absolute atomic E-state index is 11.0. The normalized spacial score (nSPS) is 21.7. The smallest absolute Gasteiger partial charge is 0.407 e. The largest absolute Gasteiger partial charge is 0.494 e. The number of nitrogens with zero attached hydrogens (tertiary/aromatic N) is 1. The van der Waals surface area contributed by atoms with Crippen LogP contribution < -0.4 is 4.74 Å². The van der Waals surface area contributed by atoms with E-state index in [1.807, 2.05) is 25.1 Å². The number of piperidine rings is 1. The van der Waals surface area contributed by atoms with Crippen molar-refractivity contribution in [2.45, 2.75) is 45.6 Å². The number of hydrogen-bond donors (Lipinski definition) is 1. The predicted octanol–water partition coefficient (Wildman–Crippen LogP) is 4.70. The van der Waals surface area contributed by atoms with Crippen molar-refractivity contribution >= 4 is 22.0 Å². The Bertz CT molecular complexity index is 521. The molecule has 2 rings (SSSR count). The van der Waals surface area contributed by atoms with Crippen molar-refractivity contribution in [3.8, 4) is 5.75 Å². The van der Waals surface area contributed by atoms with Gasteiger partial charge in [-0.05, 0) is 69.2 Å². The quantitative estimate of drug-likeness (QED) is 0.765. The lowest BCUT2D eigenvalue weighted by Gasteiger charge is -2.35. The lowest BCUT2D eigenvalue weighted by atomic mass is 9.88. The zero-order valence-electron chi connectivity index (χ0n) is 13.2. The van der Waals surface area contributed by atoms with Crippen molar-refractivity contribution in [1.29, 1.82) is 0 Å². The van der Waals surface area contributed by atoms with E-state index >= 15 is 0 Å². The highest BCUT2D eigenvalue weighted by molar-refractivity contribution is 9.10. The molecular formula is C17H24BrNO3. The summed E-state index contributed by atoms with van der Waals surface area (Å²) in [5, 5.41) is 9.08. The molecule has 1 saturated heterocycles. The van der Waals surface area contributed by atoms with Crippen molar-refractivity contribution in [2.75, 3.05) is 13.2 Å². The van der Waals surface area contributed by atoms with Crippen LogP contribution in [0.15, 0.2) is 22.7 Å². The second kappa shape index (κ2) is 7.86. The monoisotopic (exact) mass is 369 g/mol. The van der Waals surface area contributed by atoms with Crippen LogP contribution >= 0.6 is 15.9 Å². The van der Waals surface area contributed by atoms with E-state index in [2.05, 4.69) is 22.9 Å². The highest BCUT2D eigenvalue weighted by Gasteiger charge is 2.27. The number of carbonyl (C=O) groups is 1. The van der Waals surface area contributed by atoms with E-state index in [1.54, 1.807) is 4.90 Å². The van der Waals surface area contributed by atoms with E-state index in [9.17, 15) is 4.79 Å². The molecule has 0 aromatic heterocycles. The van der Waals surface area contributed by atoms with Gasteiger partial charge in [0.2, 0.25) is 0 Å². The van der Waals surface area contributed by atoms with Gasteiger partial charge in [0.25, 0.3) is 0 Å². The fraction of sp³-hybridized carbons (Fsp3) is 0.588. The van der Waals surface area contributed by atoms with Crippen molar-refractivity contribution in [3.05, 3.63) is 28.2 Å². The number of benzene rings is 1. The molecule has 1 amide bonds. The number of amides is 1. The third kappa shape index (κ3) is 4.63. The molecule has 0 bridgehead atoms. The van der Waals surface area contributed by atoms with E-state index in [0.29, 0.717) is 19.1 Å². The van der Waals surface area contributed by atoms with Gasteiger partial charge in [0, 0.05) is 17.1 Å². The Morgan fingerprint density at radius 1 is 1.50 bits per heavy atom. The molecule has 1 N–H and O–H groups in total. The topological polar surface area (TPSA) is 49.8 Å². The first kappa shape index (κ1) is 17.1. The molecule has 0 aliphatic carbocycles. The van der Waals surface area contributed by atoms with Crippen LogP contribution in [0.25, 0.3) is 0 Å². The van der Waals surface area contributed by atoms with Gasteiger partial charge in [-0.2, -0.15) is 0 Å². The number of likely N-dealkylation sites (tertiary alicyclic amines) is 1. The standard InChI is InChI=1S/C17H24BrNO3/c1-12-10-15(5-6-16(12)18)22-9-3-4-14-7-8-19(17(20)21)13(2)11-14/h5-6,10,13-14H,3-4,7-9,11H2,1-2H3,(H,20,21)/t13-,14+/m0/s1. The minimum Gasteiger partial charge on any atom is -0.494 e. The summed E-state index contributed by atoms with van der Waals surface area (Å²) >= 11 is 3.48. The molecule has 0 radical (unpaired) electrons. The molecule has 4 nitrogen and oxygen atoms in total. The van der Waals surface area contributed by atoms with Crippen LogP contribution in [0.4, 0.5) is 4.79 Å². The fourth-order valence-corrected chi connectivity index (χ4v) is 3.33. The van der Waals surface area contributed by atoms with Crippen molar-refractivity contribution in [1.82, 2.24) is 4.90 Å². The average Bonchev–Trinajstić information content (AvgIpc) is 2.47. The summed E-state index contributed by atoms with van der Waals surface area (Å²) in [6.45, 7) is 5.43. The van der Waals surface area contributed by atoms with Crippen LogP contribution in [0.1, 0.15) is 38.2 Å². The van der Waals surface area contributed by atoms with Crippen LogP contribution in [0.2, 0.25) is 0 Å². The molecule has 2 atom stereocenters. The van der Waals surface area contributed by atoms with Crippen molar-refractivity contribution in [3.63, 3.8) is 0 Å². The maximum atomic E-state index is 11.0. The predicted molar refractivity (Wildman–Crippen MR) is 90.5 cm³/mol. The van der Waals surface area contributed by atoms with E-state index in [1.165, 1.54) is 5.56 Å². The SMILES string of the molecule is Cc1cc(OCCC[C@@H]2CCN(C(=O)O)[C@@H](C)C2)ccc1Br. The summed E-state index contributed by atoms with van der Waals surface area (Å²) in [5.74, 6) is 1.52. The average molecular weight is 370 g/mol. The van der Waals surface area contributed by atoms with Crippen LogP contribution in [-0.2, 0) is 0 Å². The van der Waals surface area contributed by atoms with Gasteiger partial charge in [-0.1, -0.05) is 15.9 Å². The summed E-state index contributed by atoms with van der Waals surface area (Å²) in [7, 11) is 0. The lowest BCUT2D eigenvalue weighted by Crippen LogP contribution is -2.43. The molecule has 1 aromatic carbocycles. The first-order valence-electron chi connectivity index (χ1n) is 7.86. The molecule has 1 aromatic rings. The van der Waals surface area contributed by atoms with Gasteiger partial charge < -0.3 is 14.7 Å². The first-order valence-corrected chi connectivity index (χ1v) is 8.65. The first-order chi connectivity index (χ1) is 10.5.